The Morgan fingerprint density at radius 1 is 1.50 bits per heavy atom. The molecule has 62 valence electrons. The van der Waals surface area contributed by atoms with Gasteiger partial charge >= 0.3 is 0 Å². The summed E-state index contributed by atoms with van der Waals surface area (Å²) in [6.07, 6.45) is 1.08. The van der Waals surface area contributed by atoms with Gasteiger partial charge in [-0.2, -0.15) is 0 Å². The van der Waals surface area contributed by atoms with Gasteiger partial charge in [0, 0.05) is 13.3 Å². The quantitative estimate of drug-likeness (QED) is 0.597. The smallest absolute Gasteiger partial charge is 0.197 e. The Kier molecular flexibility index (Phi) is 4.23. The summed E-state index contributed by atoms with van der Waals surface area (Å²) >= 11 is 0. The molecular formula is C7H17O2P. The highest BCUT2D eigenvalue weighted by molar-refractivity contribution is 7.57. The maximum absolute atomic E-state index is 11.0. The molecule has 0 fully saturated rings. The molecule has 10 heavy (non-hydrogen) atoms. The van der Waals surface area contributed by atoms with Crippen LogP contribution in [-0.2, 0) is 9.09 Å². The number of hydrogen-bond acceptors (Lipinski definition) is 2. The molecule has 0 saturated heterocycles. The summed E-state index contributed by atoms with van der Waals surface area (Å²) in [4.78, 5) is 0. The van der Waals surface area contributed by atoms with Crippen LogP contribution in [0.2, 0.25) is 0 Å². The summed E-state index contributed by atoms with van der Waals surface area (Å²) in [6, 6.07) is 0. The molecule has 1 atom stereocenters. The van der Waals surface area contributed by atoms with Crippen molar-refractivity contribution >= 4 is 7.37 Å². The van der Waals surface area contributed by atoms with Gasteiger partial charge in [0.05, 0.1) is 6.61 Å². The van der Waals surface area contributed by atoms with Crippen molar-refractivity contribution in [2.75, 3.05) is 19.9 Å². The van der Waals surface area contributed by atoms with Crippen molar-refractivity contribution in [3.8, 4) is 0 Å². The summed E-state index contributed by atoms with van der Waals surface area (Å²) < 4.78 is 16.2. The fourth-order valence-electron chi connectivity index (χ4n) is 0.425. The Balaban J connectivity index is 3.46. The third-order valence-electron chi connectivity index (χ3n) is 1.37. The van der Waals surface area contributed by atoms with Crippen LogP contribution in [-0.4, -0.2) is 19.9 Å². The molecule has 0 saturated carbocycles. The molecule has 0 aliphatic heterocycles. The van der Waals surface area contributed by atoms with Crippen molar-refractivity contribution in [3.63, 3.8) is 0 Å². The summed E-state index contributed by atoms with van der Waals surface area (Å²) in [5.74, 6) is 0.522. The first-order valence-electron chi connectivity index (χ1n) is 3.65. The van der Waals surface area contributed by atoms with Gasteiger partial charge in [-0.25, -0.2) is 0 Å². The van der Waals surface area contributed by atoms with Gasteiger partial charge < -0.3 is 4.52 Å². The predicted molar refractivity (Wildman–Crippen MR) is 44.9 cm³/mol. The highest BCUT2D eigenvalue weighted by Gasteiger charge is 2.08. The maximum Gasteiger partial charge on any atom is 0.197 e. The average Bonchev–Trinajstić information content (AvgIpc) is 1.81. The molecular weight excluding hydrogens is 147 g/mol. The minimum absolute atomic E-state index is 0.522. The Labute approximate surface area is 63.4 Å². The number of hydrogen-bond donors (Lipinski definition) is 0. The van der Waals surface area contributed by atoms with E-state index in [1.54, 1.807) is 13.3 Å². The second kappa shape index (κ2) is 4.15. The molecule has 0 aliphatic rings. The lowest BCUT2D eigenvalue weighted by Crippen LogP contribution is -2.02. The van der Waals surface area contributed by atoms with E-state index in [4.69, 9.17) is 4.52 Å². The van der Waals surface area contributed by atoms with Gasteiger partial charge in [0.2, 0.25) is 0 Å². The molecule has 3 heteroatoms. The highest BCUT2D eigenvalue weighted by Crippen LogP contribution is 2.37. The number of rotatable bonds is 4. The lowest BCUT2D eigenvalue weighted by Gasteiger charge is -2.11. The summed E-state index contributed by atoms with van der Waals surface area (Å²) in [7, 11) is -2.23. The first-order chi connectivity index (χ1) is 4.45. The van der Waals surface area contributed by atoms with Crippen LogP contribution < -0.4 is 0 Å². The van der Waals surface area contributed by atoms with Crippen molar-refractivity contribution in [2.24, 2.45) is 5.92 Å². The van der Waals surface area contributed by atoms with Gasteiger partial charge in [-0.3, -0.25) is 4.57 Å². The molecule has 0 rings (SSSR count). The largest absolute Gasteiger partial charge is 0.329 e. The summed E-state index contributed by atoms with van der Waals surface area (Å²) in [5.41, 5.74) is 0. The third kappa shape index (κ3) is 6.31. The van der Waals surface area contributed by atoms with Crippen LogP contribution in [0.4, 0.5) is 0 Å². The minimum Gasteiger partial charge on any atom is -0.329 e. The van der Waals surface area contributed by atoms with E-state index in [9.17, 15) is 4.57 Å². The molecule has 0 aromatic carbocycles. The molecule has 0 amide bonds. The van der Waals surface area contributed by atoms with Gasteiger partial charge in [-0.15, -0.1) is 0 Å². The highest BCUT2D eigenvalue weighted by atomic mass is 31.2. The van der Waals surface area contributed by atoms with Crippen LogP contribution in [0.15, 0.2) is 0 Å². The average molecular weight is 164 g/mol. The van der Waals surface area contributed by atoms with Crippen LogP contribution >= 0.6 is 7.37 Å². The molecule has 0 aromatic rings. The lowest BCUT2D eigenvalue weighted by atomic mass is 10.1. The topological polar surface area (TPSA) is 26.3 Å². The zero-order valence-electron chi connectivity index (χ0n) is 7.26. The van der Waals surface area contributed by atoms with Crippen LogP contribution in [0.25, 0.3) is 0 Å². The molecule has 0 heterocycles. The molecule has 2 nitrogen and oxygen atoms in total. The maximum atomic E-state index is 11.0. The third-order valence-corrected chi connectivity index (χ3v) is 2.14. The van der Waals surface area contributed by atoms with Crippen molar-refractivity contribution in [3.05, 3.63) is 0 Å². The zero-order chi connectivity index (χ0) is 8.20. The van der Waals surface area contributed by atoms with Gasteiger partial charge in [-0.1, -0.05) is 20.3 Å². The monoisotopic (exact) mass is 164 g/mol. The second-order valence-electron chi connectivity index (χ2n) is 3.06. The van der Waals surface area contributed by atoms with Crippen LogP contribution in [0, 0.1) is 5.92 Å². The molecule has 0 N–H and O–H groups in total. The molecule has 0 bridgehead atoms. The van der Waals surface area contributed by atoms with Crippen molar-refractivity contribution < 1.29 is 9.09 Å². The van der Waals surface area contributed by atoms with Gasteiger partial charge in [-0.05, 0) is 5.92 Å². The van der Waals surface area contributed by atoms with E-state index >= 15 is 0 Å². The molecule has 0 spiro atoms. The van der Waals surface area contributed by atoms with E-state index in [2.05, 4.69) is 13.8 Å². The lowest BCUT2D eigenvalue weighted by molar-refractivity contribution is 0.262. The first kappa shape index (κ1) is 10.2. The Morgan fingerprint density at radius 3 is 2.30 bits per heavy atom. The SMILES string of the molecule is CC[C@H](C)COP(C)(C)=O. The van der Waals surface area contributed by atoms with Crippen molar-refractivity contribution in [2.45, 2.75) is 20.3 Å². The van der Waals surface area contributed by atoms with E-state index in [0.29, 0.717) is 12.5 Å². The van der Waals surface area contributed by atoms with E-state index in [1.807, 2.05) is 0 Å². The predicted octanol–water partition coefficient (Wildman–Crippen LogP) is 2.59. The van der Waals surface area contributed by atoms with E-state index < -0.39 is 7.37 Å². The van der Waals surface area contributed by atoms with Gasteiger partial charge in [0.25, 0.3) is 0 Å². The van der Waals surface area contributed by atoms with Crippen LogP contribution in [0.3, 0.4) is 0 Å². The Morgan fingerprint density at radius 2 is 2.00 bits per heavy atom. The normalized spacial score (nSPS) is 15.2. The Hall–Kier alpha value is 0.190. The fourth-order valence-corrected chi connectivity index (χ4v) is 1.04. The van der Waals surface area contributed by atoms with E-state index in [0.717, 1.165) is 6.42 Å². The molecule has 0 aromatic heterocycles. The van der Waals surface area contributed by atoms with E-state index in [-0.39, 0.29) is 0 Å². The van der Waals surface area contributed by atoms with Crippen LogP contribution in [0.5, 0.6) is 0 Å². The second-order valence-corrected chi connectivity index (χ2v) is 5.82. The summed E-state index contributed by atoms with van der Waals surface area (Å²) in [5, 5.41) is 0. The first-order valence-corrected chi connectivity index (χ1v) is 6.17. The van der Waals surface area contributed by atoms with Crippen LogP contribution in [0.1, 0.15) is 20.3 Å². The Bertz CT molecular complexity index is 128. The molecule has 0 radical (unpaired) electrons. The summed E-state index contributed by atoms with van der Waals surface area (Å²) in [6.45, 7) is 8.12. The van der Waals surface area contributed by atoms with Crippen molar-refractivity contribution in [1.82, 2.24) is 0 Å². The van der Waals surface area contributed by atoms with Gasteiger partial charge in [0.1, 0.15) is 0 Å². The standard InChI is InChI=1S/C7H17O2P/c1-5-7(2)6-9-10(3,4)8/h7H,5-6H2,1-4H3/t7-/m0/s1. The zero-order valence-corrected chi connectivity index (χ0v) is 8.15. The van der Waals surface area contributed by atoms with Crippen molar-refractivity contribution in [1.29, 1.82) is 0 Å². The molecule has 0 unspecified atom stereocenters. The van der Waals surface area contributed by atoms with E-state index in [1.165, 1.54) is 0 Å². The fraction of sp³-hybridized carbons (Fsp3) is 1.00. The minimum atomic E-state index is -2.23. The van der Waals surface area contributed by atoms with Gasteiger partial charge in [0.15, 0.2) is 7.37 Å². The molecule has 0 aliphatic carbocycles.